The van der Waals surface area contributed by atoms with Gasteiger partial charge in [-0.25, -0.2) is 4.79 Å². The van der Waals surface area contributed by atoms with E-state index in [1.165, 1.54) is 25.0 Å². The van der Waals surface area contributed by atoms with E-state index in [0.717, 1.165) is 0 Å². The summed E-state index contributed by atoms with van der Waals surface area (Å²) in [5.41, 5.74) is 0. The first-order valence-electron chi connectivity index (χ1n) is 6.04. The van der Waals surface area contributed by atoms with E-state index < -0.39 is 5.97 Å². The van der Waals surface area contributed by atoms with Crippen LogP contribution in [0, 0.1) is 5.92 Å². The van der Waals surface area contributed by atoms with Crippen molar-refractivity contribution < 1.29 is 14.7 Å². The minimum absolute atomic E-state index is 0.117. The van der Waals surface area contributed by atoms with E-state index in [2.05, 4.69) is 5.32 Å². The molecule has 6 heteroatoms. The van der Waals surface area contributed by atoms with Gasteiger partial charge in [0.15, 0.2) is 0 Å². The number of carboxylic acid groups (broad SMARTS) is 1. The molecule has 17 heavy (non-hydrogen) atoms. The van der Waals surface area contributed by atoms with E-state index in [1.54, 1.807) is 4.90 Å². The van der Waals surface area contributed by atoms with Crippen LogP contribution in [0.1, 0.15) is 19.3 Å². The lowest BCUT2D eigenvalue weighted by molar-refractivity contribution is -0.146. The van der Waals surface area contributed by atoms with Crippen molar-refractivity contribution in [3.8, 4) is 0 Å². The molecule has 2 aliphatic heterocycles. The molecule has 2 rings (SSSR count). The van der Waals surface area contributed by atoms with Crippen molar-refractivity contribution in [1.29, 1.82) is 0 Å². The van der Waals surface area contributed by atoms with Crippen molar-refractivity contribution in [1.82, 2.24) is 10.2 Å². The van der Waals surface area contributed by atoms with Crippen LogP contribution in [0.5, 0.6) is 0 Å². The number of hydrogen-bond donors (Lipinski definition) is 2. The van der Waals surface area contributed by atoms with Gasteiger partial charge in [-0.15, -0.1) is 0 Å². The molecule has 2 fully saturated rings. The summed E-state index contributed by atoms with van der Waals surface area (Å²) in [6.07, 6.45) is 3.70. The molecule has 2 aliphatic rings. The number of hydrogen-bond acceptors (Lipinski definition) is 3. The van der Waals surface area contributed by atoms with Crippen LogP contribution < -0.4 is 5.32 Å². The maximum absolute atomic E-state index is 11.6. The Kier molecular flexibility index (Phi) is 4.15. The molecule has 2 heterocycles. The Hall–Kier alpha value is -0.910. The zero-order valence-corrected chi connectivity index (χ0v) is 10.5. The average molecular weight is 258 g/mol. The summed E-state index contributed by atoms with van der Waals surface area (Å²) in [6.45, 7) is 1.40. The zero-order valence-electron chi connectivity index (χ0n) is 9.72. The van der Waals surface area contributed by atoms with Crippen LogP contribution in [0.2, 0.25) is 0 Å². The fourth-order valence-corrected chi connectivity index (χ4v) is 3.32. The standard InChI is InChI=1S/C11H18N2O3S/c14-10(15)8-6-13(7-8)11(16)12-5-9-3-1-2-4-17-9/h8-9H,1-7H2,(H,12,16)(H,14,15). The summed E-state index contributed by atoms with van der Waals surface area (Å²) in [6, 6.07) is -0.117. The normalized spacial score (nSPS) is 25.2. The molecule has 5 nitrogen and oxygen atoms in total. The van der Waals surface area contributed by atoms with Crippen LogP contribution in [-0.2, 0) is 4.79 Å². The van der Waals surface area contributed by atoms with Crippen molar-refractivity contribution in [2.75, 3.05) is 25.4 Å². The molecule has 96 valence electrons. The number of amides is 2. The number of rotatable bonds is 3. The van der Waals surface area contributed by atoms with Crippen LogP contribution >= 0.6 is 11.8 Å². The number of thioether (sulfide) groups is 1. The Labute approximate surface area is 105 Å². The molecule has 1 atom stereocenters. The number of carboxylic acids is 1. The van der Waals surface area contributed by atoms with Crippen LogP contribution in [0.25, 0.3) is 0 Å². The molecule has 1 unspecified atom stereocenters. The SMILES string of the molecule is O=C(O)C1CN(C(=O)NCC2CCCCS2)C1. The minimum atomic E-state index is -0.808. The van der Waals surface area contributed by atoms with Gasteiger partial charge in [-0.2, -0.15) is 11.8 Å². The average Bonchev–Trinajstić information content (AvgIpc) is 2.25. The molecule has 0 aromatic heterocycles. The van der Waals surface area contributed by atoms with Crippen LogP contribution in [0.15, 0.2) is 0 Å². The molecule has 2 N–H and O–H groups in total. The third kappa shape index (κ3) is 3.28. The predicted molar refractivity (Wildman–Crippen MR) is 66.2 cm³/mol. The third-order valence-corrected chi connectivity index (χ3v) is 4.67. The molecule has 0 aromatic rings. The number of nitrogens with one attached hydrogen (secondary N) is 1. The van der Waals surface area contributed by atoms with Gasteiger partial charge >= 0.3 is 12.0 Å². The molecule has 0 saturated carbocycles. The topological polar surface area (TPSA) is 69.6 Å². The summed E-state index contributed by atoms with van der Waals surface area (Å²) >= 11 is 1.92. The van der Waals surface area contributed by atoms with Crippen LogP contribution in [0.4, 0.5) is 4.79 Å². The van der Waals surface area contributed by atoms with Crippen molar-refractivity contribution >= 4 is 23.8 Å². The highest BCUT2D eigenvalue weighted by atomic mass is 32.2. The van der Waals surface area contributed by atoms with Gasteiger partial charge in [-0.3, -0.25) is 4.79 Å². The Morgan fingerprint density at radius 1 is 1.35 bits per heavy atom. The highest BCUT2D eigenvalue weighted by molar-refractivity contribution is 7.99. The van der Waals surface area contributed by atoms with Gasteiger partial charge in [0.1, 0.15) is 0 Å². The fourth-order valence-electron chi connectivity index (χ4n) is 2.08. The van der Waals surface area contributed by atoms with Crippen molar-refractivity contribution in [3.63, 3.8) is 0 Å². The van der Waals surface area contributed by atoms with Gasteiger partial charge in [0, 0.05) is 24.9 Å². The monoisotopic (exact) mass is 258 g/mol. The van der Waals surface area contributed by atoms with Gasteiger partial charge in [0.05, 0.1) is 5.92 Å². The molecule has 0 spiro atoms. The fraction of sp³-hybridized carbons (Fsp3) is 0.818. The van der Waals surface area contributed by atoms with Crippen LogP contribution in [-0.4, -0.2) is 52.6 Å². The number of carbonyl (C=O) groups excluding carboxylic acids is 1. The van der Waals surface area contributed by atoms with Crippen LogP contribution in [0.3, 0.4) is 0 Å². The number of likely N-dealkylation sites (tertiary alicyclic amines) is 1. The van der Waals surface area contributed by atoms with E-state index in [-0.39, 0.29) is 11.9 Å². The minimum Gasteiger partial charge on any atom is -0.481 e. The number of nitrogens with zero attached hydrogens (tertiary/aromatic N) is 1. The van der Waals surface area contributed by atoms with Gasteiger partial charge in [-0.1, -0.05) is 6.42 Å². The molecule has 0 aliphatic carbocycles. The van der Waals surface area contributed by atoms with E-state index in [9.17, 15) is 9.59 Å². The summed E-state index contributed by atoms with van der Waals surface area (Å²) in [5.74, 6) is 0.00686. The first-order valence-corrected chi connectivity index (χ1v) is 7.09. The molecule has 0 bridgehead atoms. The van der Waals surface area contributed by atoms with E-state index in [4.69, 9.17) is 5.11 Å². The molecule has 0 aromatic carbocycles. The summed E-state index contributed by atoms with van der Waals surface area (Å²) in [7, 11) is 0. The molecular weight excluding hydrogens is 240 g/mol. The Balaban J connectivity index is 1.63. The quantitative estimate of drug-likeness (QED) is 0.792. The van der Waals surface area contributed by atoms with E-state index in [0.29, 0.717) is 24.9 Å². The van der Waals surface area contributed by atoms with Crippen molar-refractivity contribution in [2.24, 2.45) is 5.92 Å². The van der Waals surface area contributed by atoms with E-state index >= 15 is 0 Å². The lowest BCUT2D eigenvalue weighted by atomic mass is 10.0. The van der Waals surface area contributed by atoms with Gasteiger partial charge in [0.25, 0.3) is 0 Å². The second-order valence-electron chi connectivity index (χ2n) is 4.61. The maximum Gasteiger partial charge on any atom is 0.317 e. The predicted octanol–water partition coefficient (Wildman–Crippen LogP) is 0.998. The van der Waals surface area contributed by atoms with Gasteiger partial charge in [-0.05, 0) is 18.6 Å². The summed E-state index contributed by atoms with van der Waals surface area (Å²) < 4.78 is 0. The zero-order chi connectivity index (χ0) is 12.3. The molecule has 2 amide bonds. The molecule has 2 saturated heterocycles. The molecule has 0 radical (unpaired) electrons. The summed E-state index contributed by atoms with van der Waals surface area (Å²) in [4.78, 5) is 23.8. The Morgan fingerprint density at radius 2 is 2.12 bits per heavy atom. The second-order valence-corrected chi connectivity index (χ2v) is 6.02. The largest absolute Gasteiger partial charge is 0.481 e. The lowest BCUT2D eigenvalue weighted by Gasteiger charge is -2.36. The van der Waals surface area contributed by atoms with E-state index in [1.807, 2.05) is 11.8 Å². The Morgan fingerprint density at radius 3 is 2.71 bits per heavy atom. The third-order valence-electron chi connectivity index (χ3n) is 3.27. The number of urea groups is 1. The Bertz CT molecular complexity index is 299. The maximum atomic E-state index is 11.6. The highest BCUT2D eigenvalue weighted by Gasteiger charge is 2.35. The second kappa shape index (κ2) is 5.62. The van der Waals surface area contributed by atoms with Crippen molar-refractivity contribution in [2.45, 2.75) is 24.5 Å². The highest BCUT2D eigenvalue weighted by Crippen LogP contribution is 2.24. The van der Waals surface area contributed by atoms with Crippen molar-refractivity contribution in [3.05, 3.63) is 0 Å². The van der Waals surface area contributed by atoms with Gasteiger partial charge in [0.2, 0.25) is 0 Å². The molecular formula is C11H18N2O3S. The first kappa shape index (κ1) is 12.5. The smallest absolute Gasteiger partial charge is 0.317 e. The summed E-state index contributed by atoms with van der Waals surface area (Å²) in [5, 5.41) is 12.1. The first-order chi connectivity index (χ1) is 8.16. The lowest BCUT2D eigenvalue weighted by Crippen LogP contribution is -2.56. The van der Waals surface area contributed by atoms with Gasteiger partial charge < -0.3 is 15.3 Å². The number of aliphatic carboxylic acids is 1. The number of carbonyl (C=O) groups is 2.